The van der Waals surface area contributed by atoms with E-state index in [2.05, 4.69) is 21.2 Å². The Labute approximate surface area is 132 Å². The molecule has 7 heteroatoms. The summed E-state index contributed by atoms with van der Waals surface area (Å²) in [5, 5.41) is 2.86. The lowest BCUT2D eigenvalue weighted by Gasteiger charge is -2.20. The van der Waals surface area contributed by atoms with Crippen LogP contribution in [-0.2, 0) is 9.05 Å². The lowest BCUT2D eigenvalue weighted by atomic mass is 10.0. The molecule has 1 aromatic rings. The van der Waals surface area contributed by atoms with E-state index in [1.54, 1.807) is 6.07 Å². The molecule has 0 aliphatic heterocycles. The second-order valence-corrected chi connectivity index (χ2v) is 8.24. The maximum Gasteiger partial charge on any atom is 0.261 e. The van der Waals surface area contributed by atoms with Crippen LogP contribution < -0.4 is 5.32 Å². The molecule has 112 valence electrons. The average Bonchev–Trinajstić information content (AvgIpc) is 2.35. The zero-order chi connectivity index (χ0) is 15.5. The molecule has 0 fully saturated rings. The number of nitrogens with one attached hydrogen (secondary N) is 1. The van der Waals surface area contributed by atoms with E-state index in [-0.39, 0.29) is 22.4 Å². The Bertz CT molecular complexity index is 604. The Morgan fingerprint density at radius 2 is 1.95 bits per heavy atom. The highest BCUT2D eigenvalue weighted by Gasteiger charge is 2.18. The van der Waals surface area contributed by atoms with Crippen LogP contribution in [0.5, 0.6) is 0 Å². The van der Waals surface area contributed by atoms with Crippen molar-refractivity contribution in [3.63, 3.8) is 0 Å². The second kappa shape index (κ2) is 6.91. The zero-order valence-electron chi connectivity index (χ0n) is 11.5. The van der Waals surface area contributed by atoms with Gasteiger partial charge in [-0.25, -0.2) is 8.42 Å². The number of rotatable bonds is 5. The van der Waals surface area contributed by atoms with Crippen LogP contribution in [-0.4, -0.2) is 20.4 Å². The third-order valence-electron chi connectivity index (χ3n) is 3.27. The van der Waals surface area contributed by atoms with E-state index < -0.39 is 9.05 Å². The van der Waals surface area contributed by atoms with Crippen LogP contribution in [0.2, 0.25) is 0 Å². The molecule has 0 radical (unpaired) electrons. The molecule has 0 spiro atoms. The summed E-state index contributed by atoms with van der Waals surface area (Å²) in [6.07, 6.45) is 0.946. The lowest BCUT2D eigenvalue weighted by Crippen LogP contribution is -2.36. The Balaban J connectivity index is 3.03. The minimum atomic E-state index is -3.87. The first-order chi connectivity index (χ1) is 9.15. The Hall–Kier alpha value is -0.590. The second-order valence-electron chi connectivity index (χ2n) is 4.76. The molecule has 4 nitrogen and oxygen atoms in total. The quantitative estimate of drug-likeness (QED) is 0.792. The molecule has 1 aromatic carbocycles. The number of benzene rings is 1. The van der Waals surface area contributed by atoms with Crippen molar-refractivity contribution in [2.45, 2.75) is 38.1 Å². The molecule has 0 aliphatic rings. The molecule has 1 amide bonds. The monoisotopic (exact) mass is 381 g/mol. The highest BCUT2D eigenvalue weighted by Crippen LogP contribution is 2.22. The van der Waals surface area contributed by atoms with Crippen LogP contribution >= 0.6 is 26.6 Å². The molecule has 1 N–H and O–H groups in total. The van der Waals surface area contributed by atoms with E-state index in [0.29, 0.717) is 10.4 Å². The molecular formula is C13H17BrClNO3S. The van der Waals surface area contributed by atoms with E-state index in [1.807, 2.05) is 20.8 Å². The fourth-order valence-electron chi connectivity index (χ4n) is 1.62. The van der Waals surface area contributed by atoms with Gasteiger partial charge in [-0.05, 0) is 31.0 Å². The van der Waals surface area contributed by atoms with Crippen molar-refractivity contribution in [1.29, 1.82) is 0 Å². The standard InChI is InChI=1S/C13H17BrClNO3S/c1-4-8(2)9(3)16-13(17)10-5-11(14)7-12(6-10)20(15,18)19/h5-9H,4H2,1-3H3,(H,16,17). The van der Waals surface area contributed by atoms with Gasteiger partial charge >= 0.3 is 0 Å². The number of hydrogen-bond donors (Lipinski definition) is 1. The van der Waals surface area contributed by atoms with E-state index in [1.165, 1.54) is 12.1 Å². The van der Waals surface area contributed by atoms with Gasteiger partial charge in [-0.15, -0.1) is 0 Å². The van der Waals surface area contributed by atoms with Gasteiger partial charge in [0.1, 0.15) is 0 Å². The van der Waals surface area contributed by atoms with Crippen LogP contribution in [0.4, 0.5) is 0 Å². The molecule has 2 atom stereocenters. The summed E-state index contributed by atoms with van der Waals surface area (Å²) in [6, 6.07) is 4.19. The first-order valence-corrected chi connectivity index (χ1v) is 9.31. The van der Waals surface area contributed by atoms with Gasteiger partial charge < -0.3 is 5.32 Å². The van der Waals surface area contributed by atoms with E-state index in [4.69, 9.17) is 10.7 Å². The Morgan fingerprint density at radius 3 is 2.45 bits per heavy atom. The third kappa shape index (κ3) is 4.75. The molecule has 2 unspecified atom stereocenters. The largest absolute Gasteiger partial charge is 0.349 e. The molecule has 0 bridgehead atoms. The van der Waals surface area contributed by atoms with Gasteiger partial charge in [0, 0.05) is 26.8 Å². The fourth-order valence-corrected chi connectivity index (χ4v) is 3.07. The Morgan fingerprint density at radius 1 is 1.35 bits per heavy atom. The molecule has 0 aromatic heterocycles. The molecule has 20 heavy (non-hydrogen) atoms. The number of hydrogen-bond acceptors (Lipinski definition) is 3. The lowest BCUT2D eigenvalue weighted by molar-refractivity contribution is 0.0928. The first kappa shape index (κ1) is 17.5. The van der Waals surface area contributed by atoms with Crippen LogP contribution in [0.1, 0.15) is 37.6 Å². The molecule has 0 aliphatic carbocycles. The summed E-state index contributed by atoms with van der Waals surface area (Å²) in [7, 11) is 1.44. The maximum atomic E-state index is 12.1. The normalized spacial score (nSPS) is 14.7. The van der Waals surface area contributed by atoms with Gasteiger partial charge in [0.2, 0.25) is 0 Å². The number of halogens is 2. The summed E-state index contributed by atoms with van der Waals surface area (Å²) in [5.41, 5.74) is 0.258. The summed E-state index contributed by atoms with van der Waals surface area (Å²) < 4.78 is 23.2. The highest BCUT2D eigenvalue weighted by atomic mass is 79.9. The first-order valence-electron chi connectivity index (χ1n) is 6.21. The summed E-state index contributed by atoms with van der Waals surface area (Å²) >= 11 is 3.18. The molecule has 0 saturated heterocycles. The van der Waals surface area contributed by atoms with Crippen LogP contribution in [0, 0.1) is 5.92 Å². The summed E-state index contributed by atoms with van der Waals surface area (Å²) in [6.45, 7) is 6.01. The van der Waals surface area contributed by atoms with Crippen molar-refractivity contribution < 1.29 is 13.2 Å². The van der Waals surface area contributed by atoms with Gasteiger partial charge in [-0.3, -0.25) is 4.79 Å². The van der Waals surface area contributed by atoms with Crippen molar-refractivity contribution in [2.24, 2.45) is 5.92 Å². The van der Waals surface area contributed by atoms with Gasteiger partial charge in [0.15, 0.2) is 0 Å². The topological polar surface area (TPSA) is 63.2 Å². The van der Waals surface area contributed by atoms with Crippen molar-refractivity contribution >= 4 is 41.6 Å². The number of carbonyl (C=O) groups is 1. The van der Waals surface area contributed by atoms with Gasteiger partial charge in [-0.1, -0.05) is 36.2 Å². The van der Waals surface area contributed by atoms with Crippen LogP contribution in [0.3, 0.4) is 0 Å². The van der Waals surface area contributed by atoms with Crippen molar-refractivity contribution in [2.75, 3.05) is 0 Å². The smallest absolute Gasteiger partial charge is 0.261 e. The SMILES string of the molecule is CCC(C)C(C)NC(=O)c1cc(Br)cc(S(=O)(=O)Cl)c1. The van der Waals surface area contributed by atoms with E-state index in [9.17, 15) is 13.2 Å². The minimum absolute atomic E-state index is 0.00235. The zero-order valence-corrected chi connectivity index (χ0v) is 14.6. The molecular weight excluding hydrogens is 366 g/mol. The predicted molar refractivity (Wildman–Crippen MR) is 83.6 cm³/mol. The van der Waals surface area contributed by atoms with Gasteiger partial charge in [0.05, 0.1) is 4.90 Å². The number of carbonyl (C=O) groups excluding carboxylic acids is 1. The number of amides is 1. The molecule has 0 saturated carbocycles. The van der Waals surface area contributed by atoms with Crippen molar-refractivity contribution in [3.8, 4) is 0 Å². The highest BCUT2D eigenvalue weighted by molar-refractivity contribution is 9.10. The van der Waals surface area contributed by atoms with Gasteiger partial charge in [0.25, 0.3) is 15.0 Å². The van der Waals surface area contributed by atoms with Crippen molar-refractivity contribution in [3.05, 3.63) is 28.2 Å². The maximum absolute atomic E-state index is 12.1. The Kier molecular flexibility index (Phi) is 6.04. The molecule has 1 rings (SSSR count). The van der Waals surface area contributed by atoms with Crippen LogP contribution in [0.15, 0.2) is 27.6 Å². The van der Waals surface area contributed by atoms with Gasteiger partial charge in [-0.2, -0.15) is 0 Å². The summed E-state index contributed by atoms with van der Waals surface area (Å²) in [5.74, 6) is 0.0167. The fraction of sp³-hybridized carbons (Fsp3) is 0.462. The average molecular weight is 383 g/mol. The van der Waals surface area contributed by atoms with Crippen molar-refractivity contribution in [1.82, 2.24) is 5.32 Å². The molecule has 0 heterocycles. The summed E-state index contributed by atoms with van der Waals surface area (Å²) in [4.78, 5) is 12.0. The minimum Gasteiger partial charge on any atom is -0.349 e. The van der Waals surface area contributed by atoms with Crippen LogP contribution in [0.25, 0.3) is 0 Å². The predicted octanol–water partition coefficient (Wildman–Crippen LogP) is 3.54. The van der Waals surface area contributed by atoms with E-state index >= 15 is 0 Å². The van der Waals surface area contributed by atoms with E-state index in [0.717, 1.165) is 6.42 Å². The third-order valence-corrected chi connectivity index (χ3v) is 5.06.